The zero-order valence-electron chi connectivity index (χ0n) is 12.4. The first-order valence-corrected chi connectivity index (χ1v) is 7.82. The lowest BCUT2D eigenvalue weighted by atomic mass is 9.51. The Bertz CT molecular complexity index is 702. The van der Waals surface area contributed by atoms with Crippen LogP contribution in [0, 0.1) is 0 Å². The third kappa shape index (κ3) is 1.16. The quantitative estimate of drug-likeness (QED) is 0.650. The van der Waals surface area contributed by atoms with Crippen LogP contribution in [0.1, 0.15) is 17.5 Å². The lowest BCUT2D eigenvalue weighted by molar-refractivity contribution is -0.120. The first-order valence-electron chi connectivity index (χ1n) is 7.82. The minimum absolute atomic E-state index is 0.0528. The van der Waals surface area contributed by atoms with E-state index in [4.69, 9.17) is 9.47 Å². The Morgan fingerprint density at radius 2 is 2.27 bits per heavy atom. The summed E-state index contributed by atoms with van der Waals surface area (Å²) >= 11 is 0. The van der Waals surface area contributed by atoms with Gasteiger partial charge in [-0.3, -0.25) is 0 Å². The third-order valence-electron chi connectivity index (χ3n) is 6.04. The van der Waals surface area contributed by atoms with Gasteiger partial charge in [-0.05, 0) is 31.0 Å². The molecule has 5 nitrogen and oxygen atoms in total. The van der Waals surface area contributed by atoms with Crippen molar-refractivity contribution in [3.63, 3.8) is 0 Å². The molecule has 0 amide bonds. The number of piperidine rings is 1. The molecule has 1 fully saturated rings. The summed E-state index contributed by atoms with van der Waals surface area (Å²) in [5.41, 5.74) is 0.608. The number of nitrogens with one attached hydrogen (secondary N) is 1. The number of benzene rings is 1. The van der Waals surface area contributed by atoms with E-state index in [1.165, 1.54) is 5.56 Å². The second kappa shape index (κ2) is 3.85. The van der Waals surface area contributed by atoms with Crippen LogP contribution in [0.25, 0.3) is 0 Å². The second-order valence-electron chi connectivity index (χ2n) is 6.78. The molecular formula is C17H19NO4. The summed E-state index contributed by atoms with van der Waals surface area (Å²) < 4.78 is 11.6. The van der Waals surface area contributed by atoms with Gasteiger partial charge in [0.25, 0.3) is 0 Å². The molecule has 1 saturated heterocycles. The van der Waals surface area contributed by atoms with E-state index in [-0.39, 0.29) is 6.04 Å². The van der Waals surface area contributed by atoms with Crippen LogP contribution in [0.5, 0.6) is 11.5 Å². The van der Waals surface area contributed by atoms with Gasteiger partial charge in [-0.25, -0.2) is 0 Å². The topological polar surface area (TPSA) is 71.0 Å². The van der Waals surface area contributed by atoms with Gasteiger partial charge in [0.1, 0.15) is 17.8 Å². The Labute approximate surface area is 128 Å². The molecule has 2 bridgehead atoms. The number of aliphatic hydroxyl groups is 2. The Kier molecular flexibility index (Phi) is 2.26. The van der Waals surface area contributed by atoms with Crippen LogP contribution in [0.4, 0.5) is 0 Å². The fourth-order valence-corrected chi connectivity index (χ4v) is 5.14. The predicted octanol–water partition coefficient (Wildman–Crippen LogP) is 0.274. The van der Waals surface area contributed by atoms with Crippen molar-refractivity contribution in [3.8, 4) is 11.5 Å². The first-order chi connectivity index (χ1) is 10.6. The van der Waals surface area contributed by atoms with Crippen molar-refractivity contribution in [2.75, 3.05) is 13.7 Å². The van der Waals surface area contributed by atoms with Crippen LogP contribution in [-0.2, 0) is 11.8 Å². The van der Waals surface area contributed by atoms with Crippen molar-refractivity contribution in [3.05, 3.63) is 35.4 Å². The molecule has 2 heterocycles. The van der Waals surface area contributed by atoms with Crippen molar-refractivity contribution in [1.82, 2.24) is 5.32 Å². The van der Waals surface area contributed by atoms with Crippen LogP contribution >= 0.6 is 0 Å². The molecule has 2 aliphatic heterocycles. The van der Waals surface area contributed by atoms with Gasteiger partial charge in [0.2, 0.25) is 0 Å². The van der Waals surface area contributed by atoms with Gasteiger partial charge < -0.3 is 25.0 Å². The molecule has 116 valence electrons. The van der Waals surface area contributed by atoms with Crippen LogP contribution in [0.2, 0.25) is 0 Å². The SMILES string of the molecule is COc1ccc2c3c1O[C@H]1[C@@H](O)C=C[C@@]4(O)[C@@H](C2)NCC[C@]314. The number of aliphatic hydroxyl groups excluding tert-OH is 1. The molecule has 0 aromatic heterocycles. The molecule has 22 heavy (non-hydrogen) atoms. The van der Waals surface area contributed by atoms with Gasteiger partial charge in [0.05, 0.1) is 12.5 Å². The van der Waals surface area contributed by atoms with Gasteiger partial charge in [-0.15, -0.1) is 0 Å². The van der Waals surface area contributed by atoms with Crippen LogP contribution in [0.15, 0.2) is 24.3 Å². The van der Waals surface area contributed by atoms with Gasteiger partial charge in [-0.2, -0.15) is 0 Å². The number of methoxy groups -OCH3 is 1. The monoisotopic (exact) mass is 301 g/mol. The van der Waals surface area contributed by atoms with E-state index < -0.39 is 23.2 Å². The van der Waals surface area contributed by atoms with Crippen LogP contribution in [-0.4, -0.2) is 47.7 Å². The standard InChI is InChI=1S/C17H19NO4/c1-21-11-3-2-9-8-12-17(20)5-4-10(19)15-16(17,6-7-18-12)13(9)14(11)22-15/h2-5,10,12,15,18-20H,6-8H2,1H3/t10-,12+,15-,16-,17+/m0/s1. The molecule has 0 unspecified atom stereocenters. The average molecular weight is 301 g/mol. The highest BCUT2D eigenvalue weighted by atomic mass is 16.5. The second-order valence-corrected chi connectivity index (χ2v) is 6.78. The molecule has 4 aliphatic rings. The minimum Gasteiger partial charge on any atom is -0.493 e. The van der Waals surface area contributed by atoms with Gasteiger partial charge in [0.15, 0.2) is 11.5 Å². The molecule has 1 spiro atoms. The smallest absolute Gasteiger partial charge is 0.166 e. The average Bonchev–Trinajstić information content (AvgIpc) is 2.85. The van der Waals surface area contributed by atoms with Crippen LogP contribution in [0.3, 0.4) is 0 Å². The number of hydrogen-bond acceptors (Lipinski definition) is 5. The van der Waals surface area contributed by atoms with Crippen LogP contribution < -0.4 is 14.8 Å². The van der Waals surface area contributed by atoms with E-state index in [2.05, 4.69) is 11.4 Å². The minimum atomic E-state index is -1.03. The summed E-state index contributed by atoms with van der Waals surface area (Å²) in [5, 5.41) is 25.4. The predicted molar refractivity (Wildman–Crippen MR) is 79.3 cm³/mol. The zero-order valence-corrected chi connectivity index (χ0v) is 12.4. The Morgan fingerprint density at radius 1 is 1.41 bits per heavy atom. The van der Waals surface area contributed by atoms with E-state index in [1.807, 2.05) is 6.07 Å². The Balaban J connectivity index is 1.88. The maximum atomic E-state index is 11.5. The Morgan fingerprint density at radius 3 is 3.09 bits per heavy atom. The van der Waals surface area contributed by atoms with E-state index in [0.717, 1.165) is 24.9 Å². The maximum Gasteiger partial charge on any atom is 0.166 e. The normalized spacial score (nSPS) is 43.5. The number of rotatable bonds is 1. The highest BCUT2D eigenvalue weighted by Crippen LogP contribution is 2.62. The zero-order chi connectivity index (χ0) is 15.1. The molecule has 5 rings (SSSR count). The fraction of sp³-hybridized carbons (Fsp3) is 0.529. The summed E-state index contributed by atoms with van der Waals surface area (Å²) in [6.07, 6.45) is 3.76. The highest BCUT2D eigenvalue weighted by Gasteiger charge is 2.70. The van der Waals surface area contributed by atoms with Gasteiger partial charge >= 0.3 is 0 Å². The molecular weight excluding hydrogens is 282 g/mol. The van der Waals surface area contributed by atoms with Crippen molar-refractivity contribution in [2.45, 2.75) is 42.1 Å². The summed E-state index contributed by atoms with van der Waals surface area (Å²) in [5.74, 6) is 1.38. The number of ether oxygens (including phenoxy) is 2. The van der Waals surface area contributed by atoms with Gasteiger partial charge in [-0.1, -0.05) is 18.2 Å². The largest absolute Gasteiger partial charge is 0.493 e. The molecule has 2 aliphatic carbocycles. The summed E-state index contributed by atoms with van der Waals surface area (Å²) in [7, 11) is 1.62. The molecule has 1 aromatic rings. The van der Waals surface area contributed by atoms with E-state index in [1.54, 1.807) is 19.3 Å². The summed E-state index contributed by atoms with van der Waals surface area (Å²) in [6.45, 7) is 0.809. The van der Waals surface area contributed by atoms with Crippen molar-refractivity contribution < 1.29 is 19.7 Å². The molecule has 0 saturated carbocycles. The molecule has 1 aromatic carbocycles. The van der Waals surface area contributed by atoms with Crippen molar-refractivity contribution in [1.29, 1.82) is 0 Å². The van der Waals surface area contributed by atoms with E-state index >= 15 is 0 Å². The Hall–Kier alpha value is -1.56. The third-order valence-corrected chi connectivity index (χ3v) is 6.04. The van der Waals surface area contributed by atoms with E-state index in [9.17, 15) is 10.2 Å². The molecule has 0 radical (unpaired) electrons. The van der Waals surface area contributed by atoms with Crippen molar-refractivity contribution >= 4 is 0 Å². The first kappa shape index (κ1) is 12.9. The molecule has 5 atom stereocenters. The lowest BCUT2D eigenvalue weighted by Crippen LogP contribution is -2.75. The summed E-state index contributed by atoms with van der Waals surface area (Å²) in [6, 6.07) is 3.93. The van der Waals surface area contributed by atoms with Gasteiger partial charge in [0, 0.05) is 11.6 Å². The lowest BCUT2D eigenvalue weighted by Gasteiger charge is -2.58. The molecule has 3 N–H and O–H groups in total. The maximum absolute atomic E-state index is 11.5. The molecule has 5 heteroatoms. The van der Waals surface area contributed by atoms with E-state index in [0.29, 0.717) is 11.5 Å². The van der Waals surface area contributed by atoms with Crippen molar-refractivity contribution in [2.24, 2.45) is 0 Å². The summed E-state index contributed by atoms with van der Waals surface area (Å²) in [4.78, 5) is 0. The fourth-order valence-electron chi connectivity index (χ4n) is 5.14. The highest BCUT2D eigenvalue weighted by molar-refractivity contribution is 5.64. The number of hydrogen-bond donors (Lipinski definition) is 3.